The molecule has 0 aliphatic heterocycles. The number of benzene rings is 3. The largest absolute Gasteiger partial charge is 0.492 e. The number of hydrogen-bond acceptors (Lipinski definition) is 5. The summed E-state index contributed by atoms with van der Waals surface area (Å²) in [6, 6.07) is 25.8. The van der Waals surface area contributed by atoms with Gasteiger partial charge in [-0.1, -0.05) is 72.8 Å². The van der Waals surface area contributed by atoms with E-state index in [1.807, 2.05) is 99.0 Å². The molecule has 2 N–H and O–H groups in total. The molecule has 3 aromatic carbocycles. The summed E-state index contributed by atoms with van der Waals surface area (Å²) in [5.41, 5.74) is 2.75. The van der Waals surface area contributed by atoms with Crippen molar-refractivity contribution < 1.29 is 19.1 Å². The molecule has 7 nitrogen and oxygen atoms in total. The lowest BCUT2D eigenvalue weighted by molar-refractivity contribution is -0.123. The first-order valence-corrected chi connectivity index (χ1v) is 11.6. The van der Waals surface area contributed by atoms with Gasteiger partial charge in [-0.2, -0.15) is 0 Å². The molecule has 0 radical (unpaired) electrons. The van der Waals surface area contributed by atoms with Crippen molar-refractivity contribution in [3.8, 4) is 5.75 Å². The third-order valence-corrected chi connectivity index (χ3v) is 5.30. The Labute approximate surface area is 207 Å². The molecule has 0 spiro atoms. The normalized spacial score (nSPS) is 11.5. The van der Waals surface area contributed by atoms with Gasteiger partial charge >= 0.3 is 6.09 Å². The zero-order valence-corrected chi connectivity index (χ0v) is 20.3. The molecule has 1 atom stereocenters. The second kappa shape index (κ2) is 13.8. The third-order valence-electron chi connectivity index (χ3n) is 5.30. The maximum absolute atomic E-state index is 13.0. The fourth-order valence-electron chi connectivity index (χ4n) is 3.33. The van der Waals surface area contributed by atoms with Crippen LogP contribution in [0.2, 0.25) is 0 Å². The number of carbonyl (C=O) groups is 2. The van der Waals surface area contributed by atoms with Crippen LogP contribution in [-0.4, -0.2) is 50.2 Å². The van der Waals surface area contributed by atoms with Crippen molar-refractivity contribution in [1.82, 2.24) is 15.5 Å². The number of carbonyl (C=O) groups excluding carboxylic acids is 2. The number of rotatable bonds is 12. The first-order chi connectivity index (χ1) is 17.0. The van der Waals surface area contributed by atoms with Crippen LogP contribution in [0.5, 0.6) is 5.75 Å². The number of nitrogens with one attached hydrogen (secondary N) is 2. The van der Waals surface area contributed by atoms with Crippen LogP contribution < -0.4 is 15.4 Å². The van der Waals surface area contributed by atoms with Gasteiger partial charge < -0.3 is 25.0 Å². The fraction of sp³-hybridized carbons (Fsp3) is 0.286. The number of hydrogen-bond donors (Lipinski definition) is 2. The van der Waals surface area contributed by atoms with Crippen LogP contribution in [-0.2, 0) is 29.1 Å². The van der Waals surface area contributed by atoms with Gasteiger partial charge in [-0.25, -0.2) is 4.79 Å². The zero-order valence-electron chi connectivity index (χ0n) is 20.3. The van der Waals surface area contributed by atoms with Crippen molar-refractivity contribution in [3.63, 3.8) is 0 Å². The Bertz CT molecular complexity index is 1040. The molecule has 35 heavy (non-hydrogen) atoms. The Morgan fingerprint density at radius 1 is 0.829 bits per heavy atom. The molecule has 0 aromatic heterocycles. The summed E-state index contributed by atoms with van der Waals surface area (Å²) < 4.78 is 11.1. The minimum Gasteiger partial charge on any atom is -0.492 e. The summed E-state index contributed by atoms with van der Waals surface area (Å²) in [7, 11) is 3.99. The van der Waals surface area contributed by atoms with Crippen LogP contribution in [0, 0.1) is 0 Å². The van der Waals surface area contributed by atoms with Gasteiger partial charge in [0.15, 0.2) is 0 Å². The minimum atomic E-state index is -0.789. The predicted molar refractivity (Wildman–Crippen MR) is 136 cm³/mol. The molecule has 2 amide bonds. The predicted octanol–water partition coefficient (Wildman–Crippen LogP) is 3.78. The van der Waals surface area contributed by atoms with Crippen LogP contribution in [0.4, 0.5) is 4.79 Å². The highest BCUT2D eigenvalue weighted by atomic mass is 16.5. The van der Waals surface area contributed by atoms with E-state index >= 15 is 0 Å². The first-order valence-electron chi connectivity index (χ1n) is 11.6. The van der Waals surface area contributed by atoms with E-state index in [0.717, 1.165) is 29.0 Å². The molecular weight excluding hydrogens is 442 g/mol. The Morgan fingerprint density at radius 2 is 1.46 bits per heavy atom. The number of alkyl carbamates (subject to hydrolysis) is 1. The van der Waals surface area contributed by atoms with Crippen LogP contribution in [0.1, 0.15) is 16.7 Å². The first kappa shape index (κ1) is 25.8. The maximum atomic E-state index is 13.0. The van der Waals surface area contributed by atoms with Crippen LogP contribution in [0.3, 0.4) is 0 Å². The topological polar surface area (TPSA) is 79.9 Å². The molecule has 0 fully saturated rings. The average molecular weight is 476 g/mol. The van der Waals surface area contributed by atoms with Crippen molar-refractivity contribution >= 4 is 12.0 Å². The zero-order chi connectivity index (χ0) is 24.9. The van der Waals surface area contributed by atoms with Gasteiger partial charge in [0, 0.05) is 19.5 Å². The SMILES string of the molecule is CN(C)CCOc1ccc(C[C@H](NC(=O)OCc2ccccc2)C(=O)NCc2ccccc2)cc1. The van der Waals surface area contributed by atoms with Gasteiger partial charge in [0.25, 0.3) is 0 Å². The molecule has 7 heteroatoms. The molecule has 0 unspecified atom stereocenters. The second-order valence-electron chi connectivity index (χ2n) is 8.46. The quantitative estimate of drug-likeness (QED) is 0.417. The van der Waals surface area contributed by atoms with Crippen molar-refractivity contribution in [3.05, 3.63) is 102 Å². The summed E-state index contributed by atoms with van der Waals surface area (Å²) in [5.74, 6) is 0.479. The molecule has 184 valence electrons. The van der Waals surface area contributed by atoms with Crippen molar-refractivity contribution in [2.75, 3.05) is 27.2 Å². The smallest absolute Gasteiger partial charge is 0.408 e. The number of amides is 2. The summed E-state index contributed by atoms with van der Waals surface area (Å²) in [4.78, 5) is 27.5. The van der Waals surface area contributed by atoms with Crippen LogP contribution in [0.15, 0.2) is 84.9 Å². The lowest BCUT2D eigenvalue weighted by atomic mass is 10.0. The molecule has 0 aliphatic rings. The molecule has 0 aliphatic carbocycles. The Morgan fingerprint density at radius 3 is 2.09 bits per heavy atom. The van der Waals surface area contributed by atoms with E-state index in [1.165, 1.54) is 0 Å². The summed E-state index contributed by atoms with van der Waals surface area (Å²) >= 11 is 0. The van der Waals surface area contributed by atoms with Crippen molar-refractivity contribution in [2.24, 2.45) is 0 Å². The highest BCUT2D eigenvalue weighted by molar-refractivity contribution is 5.85. The van der Waals surface area contributed by atoms with Crippen molar-refractivity contribution in [2.45, 2.75) is 25.6 Å². The number of ether oxygens (including phenoxy) is 2. The highest BCUT2D eigenvalue weighted by Gasteiger charge is 2.22. The fourth-order valence-corrected chi connectivity index (χ4v) is 3.33. The van der Waals surface area contributed by atoms with E-state index in [0.29, 0.717) is 19.6 Å². The summed E-state index contributed by atoms with van der Waals surface area (Å²) in [5, 5.41) is 5.63. The highest BCUT2D eigenvalue weighted by Crippen LogP contribution is 2.14. The van der Waals surface area contributed by atoms with E-state index in [2.05, 4.69) is 15.5 Å². The van der Waals surface area contributed by atoms with Gasteiger partial charge in [-0.05, 0) is 42.9 Å². The number of nitrogens with zero attached hydrogens (tertiary/aromatic N) is 1. The standard InChI is InChI=1S/C28H33N3O4/c1-31(2)17-18-34-25-15-13-22(14-16-25)19-26(27(32)29-20-23-9-5-3-6-10-23)30-28(33)35-21-24-11-7-4-8-12-24/h3-16,26H,17-21H2,1-2H3,(H,29,32)(H,30,33)/t26-/m0/s1. The maximum Gasteiger partial charge on any atom is 0.408 e. The van der Waals surface area contributed by atoms with E-state index in [9.17, 15) is 9.59 Å². The Kier molecular flexibility index (Phi) is 10.1. The van der Waals surface area contributed by atoms with Gasteiger partial charge in [0.1, 0.15) is 25.0 Å². The van der Waals surface area contributed by atoms with E-state index in [-0.39, 0.29) is 12.5 Å². The van der Waals surface area contributed by atoms with Gasteiger partial charge in [-0.3, -0.25) is 4.79 Å². The van der Waals surface area contributed by atoms with E-state index in [1.54, 1.807) is 0 Å². The third kappa shape index (κ3) is 9.51. The molecule has 3 aromatic rings. The molecule has 0 saturated heterocycles. The molecule has 3 rings (SSSR count). The van der Waals surface area contributed by atoms with Crippen molar-refractivity contribution in [1.29, 1.82) is 0 Å². The molecule has 0 heterocycles. The molecule has 0 saturated carbocycles. The monoisotopic (exact) mass is 475 g/mol. The lowest BCUT2D eigenvalue weighted by Gasteiger charge is -2.19. The van der Waals surface area contributed by atoms with Gasteiger partial charge in [0.05, 0.1) is 0 Å². The Balaban J connectivity index is 1.60. The van der Waals surface area contributed by atoms with E-state index in [4.69, 9.17) is 9.47 Å². The van der Waals surface area contributed by atoms with E-state index < -0.39 is 12.1 Å². The van der Waals surface area contributed by atoms with Gasteiger partial charge in [-0.15, -0.1) is 0 Å². The second-order valence-corrected chi connectivity index (χ2v) is 8.46. The van der Waals surface area contributed by atoms with Crippen LogP contribution in [0.25, 0.3) is 0 Å². The summed E-state index contributed by atoms with van der Waals surface area (Å²) in [6.07, 6.45) is -0.323. The number of likely N-dealkylation sites (N-methyl/N-ethyl adjacent to an activating group) is 1. The molecular formula is C28H33N3O4. The van der Waals surface area contributed by atoms with Crippen LogP contribution >= 0.6 is 0 Å². The molecule has 0 bridgehead atoms. The summed E-state index contributed by atoms with van der Waals surface area (Å²) in [6.45, 7) is 1.91. The average Bonchev–Trinajstić information content (AvgIpc) is 2.87. The lowest BCUT2D eigenvalue weighted by Crippen LogP contribution is -2.48. The Hall–Kier alpha value is -3.84. The van der Waals surface area contributed by atoms with Gasteiger partial charge in [0.2, 0.25) is 5.91 Å². The minimum absolute atomic E-state index is 0.129.